The molecule has 0 unspecified atom stereocenters. The molecule has 0 saturated heterocycles. The quantitative estimate of drug-likeness (QED) is 0.780. The summed E-state index contributed by atoms with van der Waals surface area (Å²) in [5.74, 6) is 0.388. The Balaban J connectivity index is 2.46. The smallest absolute Gasteiger partial charge is 0.408 e. The molecular formula is C19H23ClN4O3. The van der Waals surface area contributed by atoms with Gasteiger partial charge in [0, 0.05) is 13.0 Å². The Bertz CT molecular complexity index is 941. The zero-order valence-electron chi connectivity index (χ0n) is 15.9. The van der Waals surface area contributed by atoms with Gasteiger partial charge >= 0.3 is 6.09 Å². The molecule has 1 aromatic heterocycles. The van der Waals surface area contributed by atoms with Crippen molar-refractivity contribution >= 4 is 28.6 Å². The highest BCUT2D eigenvalue weighted by Crippen LogP contribution is 2.21. The molecule has 1 aromatic carbocycles. The highest BCUT2D eigenvalue weighted by molar-refractivity contribution is 6.35. The minimum atomic E-state index is -0.638. The fraction of sp³-hybridized carbons (Fsp3) is 0.474. The summed E-state index contributed by atoms with van der Waals surface area (Å²) in [6.45, 7) is 7.33. The van der Waals surface area contributed by atoms with Gasteiger partial charge in [0.25, 0.3) is 5.56 Å². The molecule has 0 radical (unpaired) electrons. The topological polar surface area (TPSA) is 97.0 Å². The van der Waals surface area contributed by atoms with Crippen molar-refractivity contribution in [1.82, 2.24) is 14.9 Å². The van der Waals surface area contributed by atoms with Crippen molar-refractivity contribution in [2.24, 2.45) is 0 Å². The number of nitrogens with zero attached hydrogens (tertiary/aromatic N) is 3. The van der Waals surface area contributed by atoms with E-state index in [9.17, 15) is 9.59 Å². The van der Waals surface area contributed by atoms with E-state index in [-0.39, 0.29) is 5.56 Å². The summed E-state index contributed by atoms with van der Waals surface area (Å²) < 4.78 is 6.74. The van der Waals surface area contributed by atoms with Crippen LogP contribution in [-0.4, -0.2) is 21.2 Å². The van der Waals surface area contributed by atoms with Gasteiger partial charge in [0.1, 0.15) is 11.4 Å². The minimum Gasteiger partial charge on any atom is -0.444 e. The fourth-order valence-electron chi connectivity index (χ4n) is 2.65. The molecule has 27 heavy (non-hydrogen) atoms. The number of hydrogen-bond donors (Lipinski definition) is 1. The molecule has 1 atom stereocenters. The van der Waals surface area contributed by atoms with Crippen LogP contribution in [0.2, 0.25) is 5.02 Å². The summed E-state index contributed by atoms with van der Waals surface area (Å²) >= 11 is 6.19. The second-order valence-electron chi connectivity index (χ2n) is 7.19. The number of nitrogens with one attached hydrogen (secondary N) is 1. The number of hydrogen-bond acceptors (Lipinski definition) is 5. The molecule has 2 rings (SSSR count). The summed E-state index contributed by atoms with van der Waals surface area (Å²) in [6.07, 6.45) is 0.194. The Labute approximate surface area is 162 Å². The van der Waals surface area contributed by atoms with Crippen LogP contribution in [0.3, 0.4) is 0 Å². The molecule has 2 aromatic rings. The average Bonchev–Trinajstić information content (AvgIpc) is 2.54. The van der Waals surface area contributed by atoms with Crippen molar-refractivity contribution in [3.8, 4) is 6.07 Å². The standard InChI is InChI=1S/C19H23ClN4O3/c1-12(22-18(26)27-19(2,3)4)16-23-14-9-7-8-13(20)15(14)17(25)24(16)11-6-5-10-21/h7-9,12H,5-6,11H2,1-4H3,(H,22,26)/t12-/m0/s1. The molecule has 1 amide bonds. The van der Waals surface area contributed by atoms with Gasteiger partial charge in [-0.1, -0.05) is 17.7 Å². The fourth-order valence-corrected chi connectivity index (χ4v) is 2.90. The van der Waals surface area contributed by atoms with Gasteiger partial charge in [0.2, 0.25) is 0 Å². The molecule has 0 spiro atoms. The number of fused-ring (bicyclic) bond motifs is 1. The van der Waals surface area contributed by atoms with Crippen molar-refractivity contribution < 1.29 is 9.53 Å². The van der Waals surface area contributed by atoms with Gasteiger partial charge < -0.3 is 10.1 Å². The van der Waals surface area contributed by atoms with E-state index in [1.165, 1.54) is 4.57 Å². The maximum Gasteiger partial charge on any atom is 0.408 e. The average molecular weight is 391 g/mol. The van der Waals surface area contributed by atoms with Crippen molar-refractivity contribution in [2.45, 2.75) is 58.7 Å². The van der Waals surface area contributed by atoms with E-state index >= 15 is 0 Å². The van der Waals surface area contributed by atoms with Crippen LogP contribution < -0.4 is 10.9 Å². The highest BCUT2D eigenvalue weighted by atomic mass is 35.5. The highest BCUT2D eigenvalue weighted by Gasteiger charge is 2.22. The van der Waals surface area contributed by atoms with Crippen LogP contribution in [0.15, 0.2) is 23.0 Å². The normalized spacial score (nSPS) is 12.4. The zero-order chi connectivity index (χ0) is 20.2. The summed E-state index contributed by atoms with van der Waals surface area (Å²) in [6, 6.07) is 6.54. The maximum absolute atomic E-state index is 13.0. The number of rotatable bonds is 5. The Morgan fingerprint density at radius 1 is 1.44 bits per heavy atom. The number of benzene rings is 1. The third kappa shape index (κ3) is 5.20. The van der Waals surface area contributed by atoms with Gasteiger partial charge in [-0.15, -0.1) is 0 Å². The molecule has 1 heterocycles. The zero-order valence-corrected chi connectivity index (χ0v) is 16.6. The first kappa shape index (κ1) is 20.7. The minimum absolute atomic E-state index is 0.295. The van der Waals surface area contributed by atoms with Crippen LogP contribution in [0.25, 0.3) is 10.9 Å². The van der Waals surface area contributed by atoms with Crippen molar-refractivity contribution in [3.63, 3.8) is 0 Å². The number of nitriles is 1. The van der Waals surface area contributed by atoms with Crippen LogP contribution in [0.5, 0.6) is 0 Å². The van der Waals surface area contributed by atoms with Crippen LogP contribution >= 0.6 is 11.6 Å². The monoisotopic (exact) mass is 390 g/mol. The van der Waals surface area contributed by atoms with Gasteiger partial charge in [-0.05, 0) is 46.2 Å². The molecule has 0 fully saturated rings. The van der Waals surface area contributed by atoms with Gasteiger partial charge in [0.15, 0.2) is 0 Å². The van der Waals surface area contributed by atoms with E-state index in [1.54, 1.807) is 45.9 Å². The lowest BCUT2D eigenvalue weighted by Gasteiger charge is -2.23. The number of ether oxygens (including phenoxy) is 1. The summed E-state index contributed by atoms with van der Waals surface area (Å²) in [5.41, 5.74) is -0.478. The second kappa shape index (κ2) is 8.40. The van der Waals surface area contributed by atoms with Gasteiger partial charge in [0.05, 0.1) is 28.0 Å². The van der Waals surface area contributed by atoms with Crippen LogP contribution in [0, 0.1) is 11.3 Å². The van der Waals surface area contributed by atoms with Crippen molar-refractivity contribution in [2.75, 3.05) is 0 Å². The van der Waals surface area contributed by atoms with E-state index in [4.69, 9.17) is 21.6 Å². The number of halogens is 1. The third-order valence-corrected chi connectivity index (χ3v) is 4.07. The summed E-state index contributed by atoms with van der Waals surface area (Å²) in [5, 5.41) is 12.1. The molecule has 0 saturated carbocycles. The van der Waals surface area contributed by atoms with Gasteiger partial charge in [-0.3, -0.25) is 9.36 Å². The van der Waals surface area contributed by atoms with E-state index < -0.39 is 17.7 Å². The Hall–Kier alpha value is -2.59. The number of carbonyl (C=O) groups is 1. The molecular weight excluding hydrogens is 368 g/mol. The Morgan fingerprint density at radius 2 is 2.15 bits per heavy atom. The first-order valence-corrected chi connectivity index (χ1v) is 9.07. The third-order valence-electron chi connectivity index (χ3n) is 3.75. The largest absolute Gasteiger partial charge is 0.444 e. The van der Waals surface area contributed by atoms with E-state index in [0.717, 1.165) is 0 Å². The molecule has 0 aliphatic rings. The molecule has 144 valence electrons. The lowest BCUT2D eigenvalue weighted by molar-refractivity contribution is 0.0504. The predicted molar refractivity (Wildman–Crippen MR) is 104 cm³/mol. The number of carbonyl (C=O) groups excluding carboxylic acids is 1. The summed E-state index contributed by atoms with van der Waals surface area (Å²) in [7, 11) is 0. The lowest BCUT2D eigenvalue weighted by Crippen LogP contribution is -2.37. The second-order valence-corrected chi connectivity index (χ2v) is 7.60. The van der Waals surface area contributed by atoms with E-state index in [2.05, 4.69) is 16.4 Å². The van der Waals surface area contributed by atoms with Crippen LogP contribution in [-0.2, 0) is 11.3 Å². The van der Waals surface area contributed by atoms with Crippen LogP contribution in [0.4, 0.5) is 4.79 Å². The van der Waals surface area contributed by atoms with E-state index in [0.29, 0.717) is 41.1 Å². The number of amides is 1. The molecule has 7 nitrogen and oxygen atoms in total. The molecule has 0 bridgehead atoms. The molecule has 1 N–H and O–H groups in total. The summed E-state index contributed by atoms with van der Waals surface area (Å²) in [4.78, 5) is 29.6. The van der Waals surface area contributed by atoms with Gasteiger partial charge in [-0.25, -0.2) is 9.78 Å². The molecule has 8 heteroatoms. The van der Waals surface area contributed by atoms with Gasteiger partial charge in [-0.2, -0.15) is 5.26 Å². The first-order valence-electron chi connectivity index (χ1n) is 8.69. The lowest BCUT2D eigenvalue weighted by atomic mass is 10.2. The SMILES string of the molecule is C[C@H](NC(=O)OC(C)(C)C)c1nc2cccc(Cl)c2c(=O)n1CCCC#N. The predicted octanol–water partition coefficient (Wildman–Crippen LogP) is 3.94. The number of unbranched alkanes of at least 4 members (excludes halogenated alkanes) is 1. The molecule has 0 aliphatic carbocycles. The van der Waals surface area contributed by atoms with E-state index in [1.807, 2.05) is 0 Å². The Kier molecular flexibility index (Phi) is 6.45. The van der Waals surface area contributed by atoms with Crippen molar-refractivity contribution in [1.29, 1.82) is 5.26 Å². The number of alkyl carbamates (subject to hydrolysis) is 1. The first-order chi connectivity index (χ1) is 12.6. The maximum atomic E-state index is 13.0. The van der Waals surface area contributed by atoms with Crippen LogP contribution in [0.1, 0.15) is 52.4 Å². The number of aromatic nitrogens is 2. The Morgan fingerprint density at radius 3 is 2.78 bits per heavy atom. The molecule has 0 aliphatic heterocycles. The van der Waals surface area contributed by atoms with Crippen molar-refractivity contribution in [3.05, 3.63) is 39.4 Å².